The monoisotopic (exact) mass is 373 g/mol. The Morgan fingerprint density at radius 2 is 2.04 bits per heavy atom. The number of rotatable bonds is 6. The van der Waals surface area contributed by atoms with Gasteiger partial charge in [0.25, 0.3) is 0 Å². The van der Waals surface area contributed by atoms with Gasteiger partial charge in [0.05, 0.1) is 25.0 Å². The molecular weight excluding hydrogens is 354 g/mol. The number of carbonyl (C=O) groups is 2. The highest BCUT2D eigenvalue weighted by Crippen LogP contribution is 2.47. The molecule has 1 aromatic carbocycles. The van der Waals surface area contributed by atoms with Gasteiger partial charge in [-0.05, 0) is 43.5 Å². The van der Waals surface area contributed by atoms with Gasteiger partial charge in [0, 0.05) is 17.3 Å². The zero-order valence-electron chi connectivity index (χ0n) is 14.6. The Labute approximate surface area is 156 Å². The van der Waals surface area contributed by atoms with Crippen molar-refractivity contribution >= 4 is 29.1 Å². The van der Waals surface area contributed by atoms with Crippen LogP contribution in [0.1, 0.15) is 24.1 Å². The number of nitrogens with one attached hydrogen (secondary N) is 2. The predicted octanol–water partition coefficient (Wildman–Crippen LogP) is 3.09. The molecule has 1 saturated carbocycles. The molecule has 26 heavy (non-hydrogen) atoms. The molecule has 3 rings (SSSR count). The minimum atomic E-state index is -1.03. The van der Waals surface area contributed by atoms with E-state index in [0.717, 1.165) is 11.3 Å². The van der Waals surface area contributed by atoms with E-state index in [2.05, 4.69) is 15.6 Å². The maximum absolute atomic E-state index is 12.7. The van der Waals surface area contributed by atoms with Crippen LogP contribution in [0, 0.1) is 12.3 Å². The first-order valence-corrected chi connectivity index (χ1v) is 8.68. The van der Waals surface area contributed by atoms with Gasteiger partial charge < -0.3 is 15.4 Å². The highest BCUT2D eigenvalue weighted by molar-refractivity contribution is 6.31. The Hall–Kier alpha value is -2.60. The third kappa shape index (κ3) is 3.65. The van der Waals surface area contributed by atoms with Gasteiger partial charge in [0.1, 0.15) is 11.2 Å². The number of hydrogen-bond donors (Lipinski definition) is 2. The summed E-state index contributed by atoms with van der Waals surface area (Å²) in [6.45, 7) is 2.13. The van der Waals surface area contributed by atoms with E-state index >= 15 is 0 Å². The summed E-state index contributed by atoms with van der Waals surface area (Å²) in [5.74, 6) is -0.167. The van der Waals surface area contributed by atoms with E-state index in [1.54, 1.807) is 18.3 Å². The molecule has 1 aliphatic carbocycles. The third-order valence-corrected chi connectivity index (χ3v) is 4.91. The van der Waals surface area contributed by atoms with Gasteiger partial charge in [-0.25, -0.2) is 0 Å². The molecule has 0 unspecified atom stereocenters. The molecule has 0 bridgehead atoms. The lowest BCUT2D eigenvalue weighted by molar-refractivity contribution is -0.134. The van der Waals surface area contributed by atoms with Crippen molar-refractivity contribution in [1.29, 1.82) is 0 Å². The smallest absolute Gasteiger partial charge is 0.240 e. The number of benzene rings is 1. The minimum Gasteiger partial charge on any atom is -0.495 e. The molecule has 2 N–H and O–H groups in total. The first kappa shape index (κ1) is 18.2. The van der Waals surface area contributed by atoms with Gasteiger partial charge in [-0.15, -0.1) is 0 Å². The predicted molar refractivity (Wildman–Crippen MR) is 99.1 cm³/mol. The van der Waals surface area contributed by atoms with Crippen molar-refractivity contribution in [1.82, 2.24) is 10.3 Å². The molecule has 1 heterocycles. The molecule has 0 spiro atoms. The highest BCUT2D eigenvalue weighted by atomic mass is 35.5. The van der Waals surface area contributed by atoms with Crippen LogP contribution in [0.2, 0.25) is 5.02 Å². The van der Waals surface area contributed by atoms with E-state index in [0.29, 0.717) is 29.3 Å². The molecule has 0 saturated heterocycles. The Bertz CT molecular complexity index is 835. The van der Waals surface area contributed by atoms with E-state index in [1.807, 2.05) is 25.1 Å². The topological polar surface area (TPSA) is 80.3 Å². The zero-order chi connectivity index (χ0) is 18.7. The van der Waals surface area contributed by atoms with Crippen molar-refractivity contribution in [3.63, 3.8) is 0 Å². The van der Waals surface area contributed by atoms with Crippen molar-refractivity contribution in [2.75, 3.05) is 12.4 Å². The lowest BCUT2D eigenvalue weighted by atomic mass is 10.0. The summed E-state index contributed by atoms with van der Waals surface area (Å²) in [6.07, 6.45) is 2.69. The molecule has 2 amide bonds. The molecule has 6 nitrogen and oxygen atoms in total. The van der Waals surface area contributed by atoms with E-state index < -0.39 is 5.41 Å². The summed E-state index contributed by atoms with van der Waals surface area (Å²) in [6, 6.07) is 8.86. The van der Waals surface area contributed by atoms with Gasteiger partial charge in [-0.3, -0.25) is 14.6 Å². The van der Waals surface area contributed by atoms with Crippen molar-refractivity contribution in [2.45, 2.75) is 26.3 Å². The molecule has 1 aromatic heterocycles. The second-order valence-electron chi connectivity index (χ2n) is 6.34. The van der Waals surface area contributed by atoms with Crippen molar-refractivity contribution in [2.24, 2.45) is 5.41 Å². The second-order valence-corrected chi connectivity index (χ2v) is 6.75. The third-order valence-electron chi connectivity index (χ3n) is 4.50. The normalized spacial score (nSPS) is 14.4. The number of aryl methyl sites for hydroxylation is 1. The van der Waals surface area contributed by atoms with Gasteiger partial charge in [-0.1, -0.05) is 17.7 Å². The molecule has 7 heteroatoms. The van der Waals surface area contributed by atoms with Crippen LogP contribution in [0.4, 0.5) is 5.69 Å². The average Bonchev–Trinajstić information content (AvgIpc) is 3.45. The van der Waals surface area contributed by atoms with Crippen molar-refractivity contribution < 1.29 is 14.3 Å². The van der Waals surface area contributed by atoms with Crippen LogP contribution in [0.3, 0.4) is 0 Å². The lowest BCUT2D eigenvalue weighted by Crippen LogP contribution is -2.39. The Balaban J connectivity index is 1.69. The molecule has 1 aliphatic rings. The van der Waals surface area contributed by atoms with E-state index in [9.17, 15) is 9.59 Å². The van der Waals surface area contributed by atoms with Crippen LogP contribution >= 0.6 is 11.6 Å². The average molecular weight is 374 g/mol. The number of ether oxygens (including phenoxy) is 1. The number of halogens is 1. The second kappa shape index (κ2) is 7.33. The van der Waals surface area contributed by atoms with Crippen molar-refractivity contribution in [3.8, 4) is 5.75 Å². The number of carbonyl (C=O) groups excluding carboxylic acids is 2. The molecule has 0 aliphatic heterocycles. The zero-order valence-corrected chi connectivity index (χ0v) is 15.4. The van der Waals surface area contributed by atoms with Crippen LogP contribution < -0.4 is 15.4 Å². The lowest BCUT2D eigenvalue weighted by Gasteiger charge is -2.17. The molecule has 0 radical (unpaired) electrons. The van der Waals surface area contributed by atoms with Gasteiger partial charge in [0.2, 0.25) is 11.8 Å². The van der Waals surface area contributed by atoms with Gasteiger partial charge in [-0.2, -0.15) is 0 Å². The first-order chi connectivity index (χ1) is 12.5. The Morgan fingerprint density at radius 3 is 2.65 bits per heavy atom. The van der Waals surface area contributed by atoms with Crippen LogP contribution in [-0.4, -0.2) is 23.9 Å². The number of amides is 2. The van der Waals surface area contributed by atoms with Crippen LogP contribution in [-0.2, 0) is 16.1 Å². The largest absolute Gasteiger partial charge is 0.495 e. The van der Waals surface area contributed by atoms with E-state index in [-0.39, 0.29) is 18.4 Å². The summed E-state index contributed by atoms with van der Waals surface area (Å²) in [5.41, 5.74) is 1.02. The number of nitrogens with zero attached hydrogens (tertiary/aromatic N) is 1. The standard InChI is InChI=1S/C19H20ClN3O3/c1-12-9-15(16(26-2)10-14(12)20)23-18(25)19(6-7-19)17(24)22-11-13-5-3-4-8-21-13/h3-5,8-10H,6-7,11H2,1-2H3,(H,22,24)(H,23,25). The number of aromatic nitrogens is 1. The van der Waals surface area contributed by atoms with Crippen molar-refractivity contribution in [3.05, 3.63) is 52.8 Å². The Kier molecular flexibility index (Phi) is 5.13. The summed E-state index contributed by atoms with van der Waals surface area (Å²) in [5, 5.41) is 6.17. The maximum atomic E-state index is 12.7. The summed E-state index contributed by atoms with van der Waals surface area (Å²) < 4.78 is 5.27. The number of anilines is 1. The minimum absolute atomic E-state index is 0.287. The van der Waals surface area contributed by atoms with Gasteiger partial charge >= 0.3 is 0 Å². The summed E-state index contributed by atoms with van der Waals surface area (Å²) in [4.78, 5) is 29.5. The fourth-order valence-electron chi connectivity index (χ4n) is 2.70. The number of pyridine rings is 1. The highest BCUT2D eigenvalue weighted by Gasteiger charge is 2.56. The fourth-order valence-corrected chi connectivity index (χ4v) is 2.85. The van der Waals surface area contributed by atoms with E-state index in [1.165, 1.54) is 7.11 Å². The fraction of sp³-hybridized carbons (Fsp3) is 0.316. The SMILES string of the molecule is COc1cc(Cl)c(C)cc1NC(=O)C1(C(=O)NCc2ccccn2)CC1. The van der Waals surface area contributed by atoms with Crippen LogP contribution in [0.5, 0.6) is 5.75 Å². The molecule has 136 valence electrons. The number of methoxy groups -OCH3 is 1. The molecule has 0 atom stereocenters. The van der Waals surface area contributed by atoms with Gasteiger partial charge in [0.15, 0.2) is 0 Å². The Morgan fingerprint density at radius 1 is 1.27 bits per heavy atom. The summed E-state index contributed by atoms with van der Waals surface area (Å²) >= 11 is 6.09. The first-order valence-electron chi connectivity index (χ1n) is 8.30. The maximum Gasteiger partial charge on any atom is 0.240 e. The van der Waals surface area contributed by atoms with Crippen LogP contribution in [0.15, 0.2) is 36.5 Å². The van der Waals surface area contributed by atoms with Crippen LogP contribution in [0.25, 0.3) is 0 Å². The quantitative estimate of drug-likeness (QED) is 0.762. The molecular formula is C19H20ClN3O3. The molecule has 2 aromatic rings. The van der Waals surface area contributed by atoms with E-state index in [4.69, 9.17) is 16.3 Å². The molecule has 1 fully saturated rings. The number of hydrogen-bond acceptors (Lipinski definition) is 4. The summed E-state index contributed by atoms with van der Waals surface area (Å²) in [7, 11) is 1.50.